The van der Waals surface area contributed by atoms with Crippen molar-refractivity contribution in [3.8, 4) is 17.2 Å². The fraction of sp³-hybridized carbons (Fsp3) is 0.150. The molecule has 0 saturated heterocycles. The Morgan fingerprint density at radius 1 is 1.19 bits per heavy atom. The van der Waals surface area contributed by atoms with E-state index >= 15 is 0 Å². The number of furan rings is 1. The molecular weight excluding hydrogens is 400 g/mol. The topological polar surface area (TPSA) is 68.9 Å². The fourth-order valence-electron chi connectivity index (χ4n) is 2.73. The number of ketones is 1. The van der Waals surface area contributed by atoms with E-state index in [0.717, 1.165) is 15.6 Å². The molecule has 3 aromatic rings. The summed E-state index contributed by atoms with van der Waals surface area (Å²) in [5.74, 6) is -0.378. The predicted octanol–water partition coefficient (Wildman–Crippen LogP) is 5.12. The summed E-state index contributed by atoms with van der Waals surface area (Å²) in [6.45, 7) is 1.98. The average Bonchev–Trinajstić information content (AvgIpc) is 3.10. The third-order valence-corrected chi connectivity index (χ3v) is 4.93. The second-order valence-corrected chi connectivity index (χ2v) is 6.51. The summed E-state index contributed by atoms with van der Waals surface area (Å²) in [5.41, 5.74) is 2.30. The van der Waals surface area contributed by atoms with Crippen molar-refractivity contribution in [3.63, 3.8) is 0 Å². The molecule has 5 nitrogen and oxygen atoms in total. The minimum Gasteiger partial charge on any atom is -0.504 e. The van der Waals surface area contributed by atoms with Crippen LogP contribution in [-0.4, -0.2) is 25.1 Å². The van der Waals surface area contributed by atoms with Crippen LogP contribution in [0.15, 0.2) is 45.5 Å². The molecule has 6 heteroatoms. The molecule has 3 rings (SSSR count). The molecule has 2 aromatic carbocycles. The highest BCUT2D eigenvalue weighted by Crippen LogP contribution is 2.45. The van der Waals surface area contributed by atoms with Crippen molar-refractivity contribution in [2.24, 2.45) is 0 Å². The largest absolute Gasteiger partial charge is 0.504 e. The number of hydrogen-bond acceptors (Lipinski definition) is 5. The van der Waals surface area contributed by atoms with Crippen molar-refractivity contribution in [1.29, 1.82) is 0 Å². The van der Waals surface area contributed by atoms with Gasteiger partial charge < -0.3 is 19.0 Å². The number of carbonyl (C=O) groups is 1. The summed E-state index contributed by atoms with van der Waals surface area (Å²) >= 11 is 3.47. The van der Waals surface area contributed by atoms with Crippen LogP contribution in [0.1, 0.15) is 21.5 Å². The van der Waals surface area contributed by atoms with E-state index in [9.17, 15) is 9.90 Å². The maximum Gasteiger partial charge on any atom is 0.205 e. The Morgan fingerprint density at radius 2 is 1.92 bits per heavy atom. The highest BCUT2D eigenvalue weighted by Gasteiger charge is 2.26. The van der Waals surface area contributed by atoms with Gasteiger partial charge in [-0.2, -0.15) is 0 Å². The van der Waals surface area contributed by atoms with Gasteiger partial charge in [0, 0.05) is 4.47 Å². The van der Waals surface area contributed by atoms with Crippen LogP contribution in [0.2, 0.25) is 0 Å². The minimum absolute atomic E-state index is 0.0284. The molecule has 0 aliphatic carbocycles. The molecule has 0 atom stereocenters. The number of carbonyl (C=O) groups excluding carboxylic acids is 1. The summed E-state index contributed by atoms with van der Waals surface area (Å²) in [4.78, 5) is 12.8. The van der Waals surface area contributed by atoms with Gasteiger partial charge >= 0.3 is 0 Å². The lowest BCUT2D eigenvalue weighted by Crippen LogP contribution is -2.02. The van der Waals surface area contributed by atoms with Gasteiger partial charge in [0.05, 0.1) is 25.9 Å². The maximum absolute atomic E-state index is 12.8. The molecular formula is C20H17BrO5. The van der Waals surface area contributed by atoms with Gasteiger partial charge in [0.25, 0.3) is 0 Å². The number of ether oxygens (including phenoxy) is 2. The fourth-order valence-corrected chi connectivity index (χ4v) is 3.12. The number of methoxy groups -OCH3 is 2. The Bertz CT molecular complexity index is 1020. The highest BCUT2D eigenvalue weighted by atomic mass is 79.9. The Hall–Kier alpha value is -2.73. The van der Waals surface area contributed by atoms with Crippen LogP contribution >= 0.6 is 15.9 Å². The van der Waals surface area contributed by atoms with Crippen LogP contribution in [0.4, 0.5) is 0 Å². The van der Waals surface area contributed by atoms with Crippen LogP contribution in [0, 0.1) is 6.92 Å². The van der Waals surface area contributed by atoms with Crippen molar-refractivity contribution in [1.82, 2.24) is 0 Å². The first-order valence-electron chi connectivity index (χ1n) is 7.80. The first-order chi connectivity index (χ1) is 12.5. The zero-order valence-electron chi connectivity index (χ0n) is 14.5. The number of phenolic OH excluding ortho intramolecular Hbond substituents is 1. The molecule has 0 bridgehead atoms. The van der Waals surface area contributed by atoms with Gasteiger partial charge in [-0.1, -0.05) is 34.1 Å². The quantitative estimate of drug-likeness (QED) is 0.461. The SMILES string of the molecule is COc1c(C(=O)/C=C/c2ccc(C)c(Br)c2)c(O)c(OC)c2occc12. The Balaban J connectivity index is 2.08. The van der Waals surface area contributed by atoms with E-state index < -0.39 is 5.78 Å². The van der Waals surface area contributed by atoms with Gasteiger partial charge in [0.15, 0.2) is 17.1 Å². The summed E-state index contributed by atoms with van der Waals surface area (Å²) in [7, 11) is 2.84. The van der Waals surface area contributed by atoms with Gasteiger partial charge in [-0.25, -0.2) is 0 Å². The number of fused-ring (bicyclic) bond motifs is 1. The molecule has 0 spiro atoms. The van der Waals surface area contributed by atoms with E-state index in [0.29, 0.717) is 11.0 Å². The molecule has 26 heavy (non-hydrogen) atoms. The van der Waals surface area contributed by atoms with Gasteiger partial charge in [-0.15, -0.1) is 0 Å². The molecule has 134 valence electrons. The monoisotopic (exact) mass is 416 g/mol. The van der Waals surface area contributed by atoms with E-state index in [4.69, 9.17) is 13.9 Å². The number of aryl methyl sites for hydroxylation is 1. The minimum atomic E-state index is -0.405. The summed E-state index contributed by atoms with van der Waals surface area (Å²) in [5, 5.41) is 11.1. The van der Waals surface area contributed by atoms with Crippen LogP contribution in [-0.2, 0) is 0 Å². The zero-order valence-corrected chi connectivity index (χ0v) is 16.1. The number of hydrogen-bond donors (Lipinski definition) is 1. The van der Waals surface area contributed by atoms with Crippen molar-refractivity contribution < 1.29 is 23.8 Å². The van der Waals surface area contributed by atoms with Crippen LogP contribution < -0.4 is 9.47 Å². The van der Waals surface area contributed by atoms with E-state index in [1.165, 1.54) is 26.6 Å². The van der Waals surface area contributed by atoms with Crippen molar-refractivity contribution >= 4 is 38.8 Å². The number of benzene rings is 2. The first kappa shape index (κ1) is 18.1. The highest BCUT2D eigenvalue weighted by molar-refractivity contribution is 9.10. The molecule has 0 aliphatic heterocycles. The third-order valence-electron chi connectivity index (χ3n) is 4.07. The molecule has 1 aromatic heterocycles. The lowest BCUT2D eigenvalue weighted by Gasteiger charge is -2.13. The summed E-state index contributed by atoms with van der Waals surface area (Å²) in [6.07, 6.45) is 4.51. The van der Waals surface area contributed by atoms with E-state index in [1.54, 1.807) is 12.1 Å². The lowest BCUT2D eigenvalue weighted by atomic mass is 10.0. The summed E-state index contributed by atoms with van der Waals surface area (Å²) in [6, 6.07) is 7.43. The molecule has 0 fully saturated rings. The van der Waals surface area contributed by atoms with Crippen molar-refractivity contribution in [3.05, 3.63) is 57.8 Å². The standard InChI is InChI=1S/C20H17BrO5/c1-11-4-5-12(10-14(11)21)6-7-15(22)16-17(23)20(25-3)19-13(8-9-26-19)18(16)24-2/h4-10,23H,1-3H3/b7-6+. The zero-order chi connectivity index (χ0) is 18.8. The van der Waals surface area contributed by atoms with Gasteiger partial charge in [0.2, 0.25) is 5.75 Å². The Morgan fingerprint density at radius 3 is 2.58 bits per heavy atom. The predicted molar refractivity (Wildman–Crippen MR) is 103 cm³/mol. The van der Waals surface area contributed by atoms with E-state index in [2.05, 4.69) is 15.9 Å². The Labute approximate surface area is 159 Å². The van der Waals surface area contributed by atoms with Crippen LogP contribution in [0.25, 0.3) is 17.0 Å². The number of rotatable bonds is 5. The smallest absolute Gasteiger partial charge is 0.205 e. The molecule has 0 amide bonds. The number of phenols is 1. The number of aromatic hydroxyl groups is 1. The van der Waals surface area contributed by atoms with Crippen LogP contribution in [0.3, 0.4) is 0 Å². The lowest BCUT2D eigenvalue weighted by molar-refractivity contribution is 0.104. The van der Waals surface area contributed by atoms with E-state index in [1.807, 2.05) is 25.1 Å². The average molecular weight is 417 g/mol. The molecule has 0 aliphatic rings. The van der Waals surface area contributed by atoms with Gasteiger partial charge in [-0.05, 0) is 36.3 Å². The molecule has 1 heterocycles. The second-order valence-electron chi connectivity index (χ2n) is 5.66. The number of allylic oxidation sites excluding steroid dienone is 1. The molecule has 1 N–H and O–H groups in total. The Kier molecular flexibility index (Phi) is 5.04. The van der Waals surface area contributed by atoms with Gasteiger partial charge in [0.1, 0.15) is 11.3 Å². The third kappa shape index (κ3) is 3.08. The molecule has 0 saturated carbocycles. The van der Waals surface area contributed by atoms with Crippen molar-refractivity contribution in [2.75, 3.05) is 14.2 Å². The number of halogens is 1. The normalized spacial score (nSPS) is 11.2. The van der Waals surface area contributed by atoms with E-state index in [-0.39, 0.29) is 22.8 Å². The molecule has 0 radical (unpaired) electrons. The second kappa shape index (κ2) is 7.25. The van der Waals surface area contributed by atoms with Gasteiger partial charge in [-0.3, -0.25) is 4.79 Å². The first-order valence-corrected chi connectivity index (χ1v) is 8.60. The molecule has 0 unspecified atom stereocenters. The van der Waals surface area contributed by atoms with Crippen molar-refractivity contribution in [2.45, 2.75) is 6.92 Å². The summed E-state index contributed by atoms with van der Waals surface area (Å²) < 4.78 is 16.9. The van der Waals surface area contributed by atoms with Crippen LogP contribution in [0.5, 0.6) is 17.2 Å². The maximum atomic E-state index is 12.8.